The quantitative estimate of drug-likeness (QED) is 0.739. The molecule has 0 aliphatic heterocycles. The van der Waals surface area contributed by atoms with Crippen LogP contribution in [0.3, 0.4) is 0 Å². The summed E-state index contributed by atoms with van der Waals surface area (Å²) >= 11 is 0. The van der Waals surface area contributed by atoms with Crippen molar-refractivity contribution in [3.8, 4) is 23.3 Å². The molecule has 1 atom stereocenters. The maximum absolute atomic E-state index is 9.01. The summed E-state index contributed by atoms with van der Waals surface area (Å²) in [6.07, 6.45) is 1.91. The summed E-state index contributed by atoms with van der Waals surface area (Å²) in [4.78, 5) is 0. The third-order valence-corrected chi connectivity index (χ3v) is 3.25. The number of nitrogens with two attached hydrogens (primary N) is 1. The van der Waals surface area contributed by atoms with Gasteiger partial charge >= 0.3 is 0 Å². The van der Waals surface area contributed by atoms with Gasteiger partial charge in [0.25, 0.3) is 0 Å². The molecule has 1 aromatic carbocycles. The van der Waals surface area contributed by atoms with Crippen molar-refractivity contribution in [2.75, 3.05) is 20.8 Å². The van der Waals surface area contributed by atoms with Crippen LogP contribution >= 0.6 is 0 Å². The molecule has 0 saturated carbocycles. The molecule has 5 heteroatoms. The van der Waals surface area contributed by atoms with Gasteiger partial charge in [-0.1, -0.05) is 13.0 Å². The zero-order valence-corrected chi connectivity index (χ0v) is 12.3. The highest BCUT2D eigenvalue weighted by Gasteiger charge is 2.21. The number of hydrogen-bond acceptors (Lipinski definition) is 5. The smallest absolute Gasteiger partial charge is 0.203 e. The van der Waals surface area contributed by atoms with Gasteiger partial charge in [0.1, 0.15) is 5.54 Å². The van der Waals surface area contributed by atoms with Gasteiger partial charge in [0, 0.05) is 0 Å². The Hall–Kier alpha value is -1.93. The molecular weight excluding hydrogens is 256 g/mol. The van der Waals surface area contributed by atoms with Gasteiger partial charge in [0.05, 0.1) is 26.9 Å². The van der Waals surface area contributed by atoms with Crippen LogP contribution < -0.4 is 19.9 Å². The minimum absolute atomic E-state index is 0.456. The first-order chi connectivity index (χ1) is 9.60. The molecule has 2 N–H and O–H groups in total. The first-order valence-corrected chi connectivity index (χ1v) is 6.64. The van der Waals surface area contributed by atoms with Crippen LogP contribution in [-0.2, 0) is 0 Å². The van der Waals surface area contributed by atoms with Gasteiger partial charge in [-0.25, -0.2) is 0 Å². The predicted molar refractivity (Wildman–Crippen MR) is 77.1 cm³/mol. The summed E-state index contributed by atoms with van der Waals surface area (Å²) in [7, 11) is 3.17. The minimum Gasteiger partial charge on any atom is -0.493 e. The molecule has 0 radical (unpaired) electrons. The van der Waals surface area contributed by atoms with Crippen molar-refractivity contribution in [2.45, 2.75) is 31.7 Å². The lowest BCUT2D eigenvalue weighted by Crippen LogP contribution is -2.37. The Kier molecular flexibility index (Phi) is 6.13. The van der Waals surface area contributed by atoms with Crippen LogP contribution in [0.4, 0.5) is 0 Å². The van der Waals surface area contributed by atoms with Gasteiger partial charge in [0.2, 0.25) is 5.75 Å². The number of nitrogens with zero attached hydrogens (tertiary/aromatic N) is 1. The summed E-state index contributed by atoms with van der Waals surface area (Å²) in [5.41, 5.74) is 5.15. The van der Waals surface area contributed by atoms with Gasteiger partial charge in [-0.2, -0.15) is 5.26 Å². The average molecular weight is 278 g/mol. The van der Waals surface area contributed by atoms with Gasteiger partial charge in [0.15, 0.2) is 11.5 Å². The van der Waals surface area contributed by atoms with Gasteiger partial charge in [-0.15, -0.1) is 0 Å². The van der Waals surface area contributed by atoms with E-state index in [2.05, 4.69) is 6.07 Å². The Morgan fingerprint density at radius 1 is 1.25 bits per heavy atom. The number of ether oxygens (including phenoxy) is 3. The van der Waals surface area contributed by atoms with Crippen LogP contribution in [0.5, 0.6) is 17.2 Å². The first kappa shape index (κ1) is 16.1. The molecule has 0 spiro atoms. The maximum Gasteiger partial charge on any atom is 0.203 e. The van der Waals surface area contributed by atoms with E-state index in [1.54, 1.807) is 14.2 Å². The highest BCUT2D eigenvalue weighted by atomic mass is 16.5. The Morgan fingerprint density at radius 2 is 1.85 bits per heavy atom. The number of nitriles is 1. The third kappa shape index (κ3) is 4.04. The average Bonchev–Trinajstić information content (AvgIpc) is 2.50. The van der Waals surface area contributed by atoms with Crippen molar-refractivity contribution in [2.24, 2.45) is 5.73 Å². The molecule has 0 amide bonds. The van der Waals surface area contributed by atoms with Crippen molar-refractivity contribution in [3.63, 3.8) is 0 Å². The molecule has 0 fully saturated rings. The van der Waals surface area contributed by atoms with Gasteiger partial charge < -0.3 is 19.9 Å². The van der Waals surface area contributed by atoms with Crippen molar-refractivity contribution in [1.82, 2.24) is 0 Å². The Labute approximate surface area is 120 Å². The second kappa shape index (κ2) is 7.61. The van der Waals surface area contributed by atoms with Crippen molar-refractivity contribution in [3.05, 3.63) is 18.2 Å². The Bertz CT molecular complexity index is 448. The van der Waals surface area contributed by atoms with E-state index in [9.17, 15) is 0 Å². The lowest BCUT2D eigenvalue weighted by Gasteiger charge is -2.19. The fraction of sp³-hybridized carbons (Fsp3) is 0.533. The van der Waals surface area contributed by atoms with Crippen LogP contribution in [0.1, 0.15) is 26.2 Å². The molecule has 110 valence electrons. The van der Waals surface area contributed by atoms with E-state index in [1.165, 1.54) is 0 Å². The fourth-order valence-electron chi connectivity index (χ4n) is 1.83. The molecular formula is C15H22N2O3. The fourth-order valence-corrected chi connectivity index (χ4v) is 1.83. The number of rotatable bonds is 8. The van der Waals surface area contributed by atoms with E-state index in [-0.39, 0.29) is 0 Å². The Balaban J connectivity index is 2.60. The maximum atomic E-state index is 9.01. The Morgan fingerprint density at radius 3 is 2.30 bits per heavy atom. The highest BCUT2D eigenvalue weighted by Crippen LogP contribution is 2.36. The monoisotopic (exact) mass is 278 g/mol. The molecule has 0 heterocycles. The molecule has 1 aromatic rings. The highest BCUT2D eigenvalue weighted by molar-refractivity contribution is 5.51. The van der Waals surface area contributed by atoms with Crippen LogP contribution in [0.25, 0.3) is 0 Å². The summed E-state index contributed by atoms with van der Waals surface area (Å²) in [6.45, 7) is 2.37. The zero-order chi connectivity index (χ0) is 15.0. The SMILES string of the molecule is CCC(N)(C#N)CCCOc1c(OC)cccc1OC. The summed E-state index contributed by atoms with van der Waals surface area (Å²) in [5.74, 6) is 1.83. The molecule has 0 aliphatic carbocycles. The summed E-state index contributed by atoms with van der Waals surface area (Å²) in [5, 5.41) is 9.01. The minimum atomic E-state index is -0.770. The van der Waals surface area contributed by atoms with Gasteiger partial charge in [-0.3, -0.25) is 0 Å². The standard InChI is InChI=1S/C15H22N2O3/c1-4-15(17,11-16)9-6-10-20-14-12(18-2)7-5-8-13(14)19-3/h5,7-8H,4,6,9-10,17H2,1-3H3. The molecule has 0 aliphatic rings. The van der Waals surface area contributed by atoms with Gasteiger partial charge in [-0.05, 0) is 31.4 Å². The molecule has 5 nitrogen and oxygen atoms in total. The van der Waals surface area contributed by atoms with E-state index in [0.29, 0.717) is 43.1 Å². The third-order valence-electron chi connectivity index (χ3n) is 3.25. The summed E-state index contributed by atoms with van der Waals surface area (Å²) in [6, 6.07) is 7.60. The zero-order valence-electron chi connectivity index (χ0n) is 12.3. The van der Waals surface area contributed by atoms with E-state index < -0.39 is 5.54 Å². The van der Waals surface area contributed by atoms with E-state index in [4.69, 9.17) is 25.2 Å². The first-order valence-electron chi connectivity index (χ1n) is 6.64. The lowest BCUT2D eigenvalue weighted by molar-refractivity contribution is 0.260. The number of methoxy groups -OCH3 is 2. The molecule has 0 bridgehead atoms. The van der Waals surface area contributed by atoms with E-state index in [1.807, 2.05) is 25.1 Å². The second-order valence-electron chi connectivity index (χ2n) is 4.57. The molecule has 1 rings (SSSR count). The van der Waals surface area contributed by atoms with Crippen LogP contribution in [0.15, 0.2) is 18.2 Å². The van der Waals surface area contributed by atoms with Crippen LogP contribution in [0.2, 0.25) is 0 Å². The number of para-hydroxylation sites is 1. The van der Waals surface area contributed by atoms with Crippen molar-refractivity contribution in [1.29, 1.82) is 5.26 Å². The second-order valence-corrected chi connectivity index (χ2v) is 4.57. The molecule has 0 saturated heterocycles. The van der Waals surface area contributed by atoms with E-state index >= 15 is 0 Å². The molecule has 20 heavy (non-hydrogen) atoms. The largest absolute Gasteiger partial charge is 0.493 e. The summed E-state index contributed by atoms with van der Waals surface area (Å²) < 4.78 is 16.2. The number of hydrogen-bond donors (Lipinski definition) is 1. The molecule has 0 aromatic heterocycles. The van der Waals surface area contributed by atoms with Crippen LogP contribution in [-0.4, -0.2) is 26.4 Å². The normalized spacial score (nSPS) is 13.2. The lowest BCUT2D eigenvalue weighted by atomic mass is 9.94. The number of benzene rings is 1. The van der Waals surface area contributed by atoms with Crippen molar-refractivity contribution >= 4 is 0 Å². The van der Waals surface area contributed by atoms with E-state index in [0.717, 1.165) is 0 Å². The predicted octanol–water partition coefficient (Wildman–Crippen LogP) is 2.49. The van der Waals surface area contributed by atoms with Crippen molar-refractivity contribution < 1.29 is 14.2 Å². The van der Waals surface area contributed by atoms with Crippen LogP contribution in [0, 0.1) is 11.3 Å². The topological polar surface area (TPSA) is 77.5 Å². The molecule has 1 unspecified atom stereocenters.